The highest BCUT2D eigenvalue weighted by atomic mass is 14.9. The van der Waals surface area contributed by atoms with Crippen molar-refractivity contribution in [1.82, 2.24) is 5.32 Å². The molecule has 1 nitrogen and oxygen atoms in total. The lowest BCUT2D eigenvalue weighted by molar-refractivity contribution is 0.128. The van der Waals surface area contributed by atoms with Gasteiger partial charge in [-0.2, -0.15) is 0 Å². The molecule has 1 aliphatic heterocycles. The lowest BCUT2D eigenvalue weighted by Crippen LogP contribution is -2.41. The Kier molecular flexibility index (Phi) is 3.65. The van der Waals surface area contributed by atoms with Gasteiger partial charge in [0.05, 0.1) is 0 Å². The van der Waals surface area contributed by atoms with Gasteiger partial charge in [0.2, 0.25) is 0 Å². The summed E-state index contributed by atoms with van der Waals surface area (Å²) in [6.07, 6.45) is 3.88. The van der Waals surface area contributed by atoms with Crippen LogP contribution < -0.4 is 5.32 Å². The van der Waals surface area contributed by atoms with E-state index in [0.717, 1.165) is 5.92 Å². The topological polar surface area (TPSA) is 12.0 Å². The number of nitrogens with one attached hydrogen (secondary N) is 1. The first-order valence-electron chi connectivity index (χ1n) is 6.48. The lowest BCUT2D eigenvalue weighted by atomic mass is 9.67. The molecule has 0 amide bonds. The maximum atomic E-state index is 3.48. The molecule has 1 heterocycles. The van der Waals surface area contributed by atoms with Crippen molar-refractivity contribution in [2.24, 2.45) is 11.3 Å². The smallest absolute Gasteiger partial charge is 0.00434 e. The van der Waals surface area contributed by atoms with Gasteiger partial charge in [-0.15, -0.1) is 0 Å². The number of rotatable bonds is 3. The lowest BCUT2D eigenvalue weighted by Gasteiger charge is -2.41. The van der Waals surface area contributed by atoms with Crippen LogP contribution in [0.2, 0.25) is 0 Å². The van der Waals surface area contributed by atoms with Crippen LogP contribution in [0.3, 0.4) is 0 Å². The molecule has 0 unspecified atom stereocenters. The summed E-state index contributed by atoms with van der Waals surface area (Å²) in [5, 5.41) is 3.48. The molecule has 0 aliphatic carbocycles. The third-order valence-electron chi connectivity index (χ3n) is 4.22. The first-order valence-corrected chi connectivity index (χ1v) is 6.48. The second kappa shape index (κ2) is 5.01. The Morgan fingerprint density at radius 2 is 1.75 bits per heavy atom. The normalized spacial score (nSPS) is 19.9. The van der Waals surface area contributed by atoms with Crippen LogP contribution in [0.25, 0.3) is 0 Å². The van der Waals surface area contributed by atoms with Gasteiger partial charge >= 0.3 is 0 Å². The monoisotopic (exact) mass is 217 g/mol. The molecule has 1 N–H and O–H groups in total. The van der Waals surface area contributed by atoms with Gasteiger partial charge < -0.3 is 5.32 Å². The first kappa shape index (κ1) is 11.7. The van der Waals surface area contributed by atoms with Gasteiger partial charge in [-0.1, -0.05) is 44.2 Å². The van der Waals surface area contributed by atoms with Crippen LogP contribution in [0, 0.1) is 11.3 Å². The highest BCUT2D eigenvalue weighted by Gasteiger charge is 2.34. The largest absolute Gasteiger partial charge is 0.317 e. The molecule has 0 atom stereocenters. The van der Waals surface area contributed by atoms with Crippen LogP contribution in [0.1, 0.15) is 32.3 Å². The minimum atomic E-state index is 0.520. The van der Waals surface area contributed by atoms with E-state index in [4.69, 9.17) is 0 Å². The molecular weight excluding hydrogens is 194 g/mol. The average Bonchev–Trinajstić information content (AvgIpc) is 2.31. The zero-order chi connectivity index (χ0) is 11.4. The van der Waals surface area contributed by atoms with E-state index in [1.807, 2.05) is 0 Å². The van der Waals surface area contributed by atoms with Gasteiger partial charge in [-0.25, -0.2) is 0 Å². The molecule has 1 saturated heterocycles. The maximum absolute atomic E-state index is 3.48. The molecule has 2 rings (SSSR count). The Bertz CT molecular complexity index is 309. The van der Waals surface area contributed by atoms with E-state index in [2.05, 4.69) is 49.5 Å². The molecule has 0 spiro atoms. The van der Waals surface area contributed by atoms with E-state index in [-0.39, 0.29) is 0 Å². The van der Waals surface area contributed by atoms with Gasteiger partial charge in [0, 0.05) is 0 Å². The fourth-order valence-electron chi connectivity index (χ4n) is 2.89. The summed E-state index contributed by atoms with van der Waals surface area (Å²) in [7, 11) is 0. The van der Waals surface area contributed by atoms with Crippen molar-refractivity contribution in [3.05, 3.63) is 35.9 Å². The van der Waals surface area contributed by atoms with Crippen molar-refractivity contribution < 1.29 is 0 Å². The van der Waals surface area contributed by atoms with Crippen molar-refractivity contribution in [2.45, 2.75) is 33.1 Å². The zero-order valence-electron chi connectivity index (χ0n) is 10.5. The van der Waals surface area contributed by atoms with E-state index in [1.165, 1.54) is 37.9 Å². The van der Waals surface area contributed by atoms with E-state index >= 15 is 0 Å². The molecule has 88 valence electrons. The van der Waals surface area contributed by atoms with Crippen LogP contribution in [-0.4, -0.2) is 13.1 Å². The fourth-order valence-corrected chi connectivity index (χ4v) is 2.89. The minimum Gasteiger partial charge on any atom is -0.317 e. The van der Waals surface area contributed by atoms with Crippen molar-refractivity contribution >= 4 is 0 Å². The van der Waals surface area contributed by atoms with E-state index < -0.39 is 0 Å². The number of hydrogen-bond donors (Lipinski definition) is 1. The zero-order valence-corrected chi connectivity index (χ0v) is 10.5. The van der Waals surface area contributed by atoms with Gasteiger partial charge in [0.15, 0.2) is 0 Å². The molecule has 1 heteroatoms. The van der Waals surface area contributed by atoms with Crippen LogP contribution in [0.5, 0.6) is 0 Å². The van der Waals surface area contributed by atoms with Crippen molar-refractivity contribution in [1.29, 1.82) is 0 Å². The second-order valence-electron chi connectivity index (χ2n) is 5.43. The summed E-state index contributed by atoms with van der Waals surface area (Å²) in [6, 6.07) is 11.0. The first-order chi connectivity index (χ1) is 7.73. The summed E-state index contributed by atoms with van der Waals surface area (Å²) in [5.74, 6) is 0.773. The Morgan fingerprint density at radius 1 is 1.12 bits per heavy atom. The standard InChI is InChI=1S/C15H23N/c1-13(2)15(8-10-16-11-9-15)12-14-6-4-3-5-7-14/h3-7,13,16H,8-12H2,1-2H3. The van der Waals surface area contributed by atoms with E-state index in [1.54, 1.807) is 0 Å². The SMILES string of the molecule is CC(C)C1(Cc2ccccc2)CCNCC1. The van der Waals surface area contributed by atoms with Gasteiger partial charge in [-0.3, -0.25) is 0 Å². The quantitative estimate of drug-likeness (QED) is 0.819. The molecule has 16 heavy (non-hydrogen) atoms. The van der Waals surface area contributed by atoms with E-state index in [0.29, 0.717) is 5.41 Å². The average molecular weight is 217 g/mol. The van der Waals surface area contributed by atoms with Crippen molar-refractivity contribution in [3.8, 4) is 0 Å². The molecule has 1 aliphatic rings. The van der Waals surface area contributed by atoms with Gasteiger partial charge in [-0.05, 0) is 49.2 Å². The van der Waals surface area contributed by atoms with Crippen LogP contribution in [-0.2, 0) is 6.42 Å². The Morgan fingerprint density at radius 3 is 2.31 bits per heavy atom. The fraction of sp³-hybridized carbons (Fsp3) is 0.600. The Hall–Kier alpha value is -0.820. The third kappa shape index (κ3) is 2.46. The molecule has 1 aromatic rings. The molecule has 0 radical (unpaired) electrons. The Labute approximate surface area is 99.3 Å². The van der Waals surface area contributed by atoms with Gasteiger partial charge in [0.25, 0.3) is 0 Å². The van der Waals surface area contributed by atoms with Crippen LogP contribution >= 0.6 is 0 Å². The molecular formula is C15H23N. The predicted molar refractivity (Wildman–Crippen MR) is 69.5 cm³/mol. The summed E-state index contributed by atoms with van der Waals surface area (Å²) >= 11 is 0. The van der Waals surface area contributed by atoms with Gasteiger partial charge in [0.1, 0.15) is 0 Å². The third-order valence-corrected chi connectivity index (χ3v) is 4.22. The number of benzene rings is 1. The summed E-state index contributed by atoms with van der Waals surface area (Å²) in [4.78, 5) is 0. The Balaban J connectivity index is 2.14. The summed E-state index contributed by atoms with van der Waals surface area (Å²) in [5.41, 5.74) is 2.02. The molecule has 0 aromatic heterocycles. The molecule has 1 fully saturated rings. The highest BCUT2D eigenvalue weighted by molar-refractivity contribution is 5.17. The summed E-state index contributed by atoms with van der Waals surface area (Å²) in [6.45, 7) is 7.14. The molecule has 0 bridgehead atoms. The van der Waals surface area contributed by atoms with Crippen LogP contribution in [0.4, 0.5) is 0 Å². The molecule has 1 aromatic carbocycles. The highest BCUT2D eigenvalue weighted by Crippen LogP contribution is 2.39. The summed E-state index contributed by atoms with van der Waals surface area (Å²) < 4.78 is 0. The van der Waals surface area contributed by atoms with Crippen molar-refractivity contribution in [3.63, 3.8) is 0 Å². The minimum absolute atomic E-state index is 0.520. The number of piperidine rings is 1. The maximum Gasteiger partial charge on any atom is -0.00434 e. The predicted octanol–water partition coefficient (Wildman–Crippen LogP) is 3.25. The number of hydrogen-bond acceptors (Lipinski definition) is 1. The molecule has 0 saturated carbocycles. The van der Waals surface area contributed by atoms with E-state index in [9.17, 15) is 0 Å². The van der Waals surface area contributed by atoms with Crippen molar-refractivity contribution in [2.75, 3.05) is 13.1 Å². The second-order valence-corrected chi connectivity index (χ2v) is 5.43. The van der Waals surface area contributed by atoms with Crippen LogP contribution in [0.15, 0.2) is 30.3 Å².